The predicted octanol–water partition coefficient (Wildman–Crippen LogP) is 6.14. The summed E-state index contributed by atoms with van der Waals surface area (Å²) in [5.74, 6) is 0. The maximum Gasteiger partial charge on any atom is 0.508 e. The second-order valence-corrected chi connectivity index (χ2v) is 8.73. The fraction of sp³-hybridized carbons (Fsp3) is 0.435. The van der Waals surface area contributed by atoms with E-state index in [0.29, 0.717) is 0 Å². The molecular weight excluding hydrogens is 324 g/mol. The van der Waals surface area contributed by atoms with Crippen LogP contribution in [-0.4, -0.2) is 6.16 Å². The van der Waals surface area contributed by atoms with Crippen LogP contribution in [0.4, 0.5) is 4.79 Å². The van der Waals surface area contributed by atoms with Gasteiger partial charge in [0.2, 0.25) is 0 Å². The van der Waals surface area contributed by atoms with Crippen LogP contribution in [0, 0.1) is 0 Å². The van der Waals surface area contributed by atoms with Crippen LogP contribution in [0.2, 0.25) is 0 Å². The monoisotopic (exact) mass is 354 g/mol. The molecule has 0 saturated heterocycles. The van der Waals surface area contributed by atoms with Gasteiger partial charge in [-0.15, -0.1) is 0 Å². The van der Waals surface area contributed by atoms with Crippen molar-refractivity contribution >= 4 is 6.16 Å². The number of hydrogen-bond acceptors (Lipinski definition) is 3. The van der Waals surface area contributed by atoms with Crippen molar-refractivity contribution in [2.24, 2.45) is 0 Å². The topological polar surface area (TPSA) is 35.5 Å². The number of carbonyl (C=O) groups excluding carboxylic acids is 1. The maximum absolute atomic E-state index is 11.9. The molecule has 3 heteroatoms. The fourth-order valence-corrected chi connectivity index (χ4v) is 2.58. The van der Waals surface area contributed by atoms with Gasteiger partial charge in [-0.2, -0.15) is 0 Å². The summed E-state index contributed by atoms with van der Waals surface area (Å²) in [4.78, 5) is 11.9. The van der Waals surface area contributed by atoms with Gasteiger partial charge >= 0.3 is 6.16 Å². The molecule has 26 heavy (non-hydrogen) atoms. The largest absolute Gasteiger partial charge is 0.508 e. The lowest BCUT2D eigenvalue weighted by Crippen LogP contribution is -2.13. The normalized spacial score (nSPS) is 11.9. The second kappa shape index (κ2) is 7.94. The average Bonchev–Trinajstić information content (AvgIpc) is 2.57. The van der Waals surface area contributed by atoms with Gasteiger partial charge in [0.1, 0.15) is 13.2 Å². The van der Waals surface area contributed by atoms with Gasteiger partial charge in [0, 0.05) is 0 Å². The Morgan fingerprint density at radius 2 is 1.12 bits per heavy atom. The zero-order valence-corrected chi connectivity index (χ0v) is 16.8. The van der Waals surface area contributed by atoms with Crippen molar-refractivity contribution in [2.45, 2.75) is 65.6 Å². The van der Waals surface area contributed by atoms with Gasteiger partial charge in [-0.3, -0.25) is 0 Å². The molecule has 0 atom stereocenters. The van der Waals surface area contributed by atoms with Crippen LogP contribution in [0.1, 0.15) is 63.8 Å². The zero-order valence-electron chi connectivity index (χ0n) is 16.8. The van der Waals surface area contributed by atoms with Crippen molar-refractivity contribution < 1.29 is 14.3 Å². The molecule has 0 aliphatic carbocycles. The first-order chi connectivity index (χ1) is 12.1. The summed E-state index contributed by atoms with van der Waals surface area (Å²) < 4.78 is 10.5. The minimum atomic E-state index is -0.646. The van der Waals surface area contributed by atoms with Crippen molar-refractivity contribution in [1.29, 1.82) is 0 Å². The third kappa shape index (κ3) is 5.91. The van der Waals surface area contributed by atoms with Gasteiger partial charge in [-0.25, -0.2) is 4.79 Å². The van der Waals surface area contributed by atoms with Crippen LogP contribution in [0.5, 0.6) is 0 Å². The van der Waals surface area contributed by atoms with E-state index in [-0.39, 0.29) is 24.0 Å². The number of rotatable bonds is 4. The van der Waals surface area contributed by atoms with Gasteiger partial charge in [-0.1, -0.05) is 90.1 Å². The minimum Gasteiger partial charge on any atom is -0.429 e. The predicted molar refractivity (Wildman–Crippen MR) is 105 cm³/mol. The molecule has 0 N–H and O–H groups in total. The molecule has 2 aromatic rings. The van der Waals surface area contributed by atoms with E-state index in [1.165, 1.54) is 11.1 Å². The molecule has 0 aliphatic rings. The fourth-order valence-electron chi connectivity index (χ4n) is 2.58. The summed E-state index contributed by atoms with van der Waals surface area (Å²) in [7, 11) is 0. The molecule has 3 nitrogen and oxygen atoms in total. The van der Waals surface area contributed by atoms with E-state index in [2.05, 4.69) is 65.8 Å². The molecule has 0 bridgehead atoms. The summed E-state index contributed by atoms with van der Waals surface area (Å²) in [6, 6.07) is 16.2. The minimum absolute atomic E-state index is 0.0641. The molecule has 0 amide bonds. The van der Waals surface area contributed by atoms with Crippen LogP contribution in [0.3, 0.4) is 0 Å². The highest BCUT2D eigenvalue weighted by Crippen LogP contribution is 2.24. The van der Waals surface area contributed by atoms with Crippen LogP contribution in [0.15, 0.2) is 48.5 Å². The Hall–Kier alpha value is -2.29. The van der Waals surface area contributed by atoms with Crippen LogP contribution in [-0.2, 0) is 33.5 Å². The van der Waals surface area contributed by atoms with Crippen LogP contribution >= 0.6 is 0 Å². The number of benzene rings is 2. The average molecular weight is 354 g/mol. The van der Waals surface area contributed by atoms with Crippen molar-refractivity contribution in [3.63, 3.8) is 0 Å². The molecule has 0 saturated carbocycles. The highest BCUT2D eigenvalue weighted by atomic mass is 16.7. The van der Waals surface area contributed by atoms with Gasteiger partial charge in [-0.05, 0) is 33.1 Å². The number of hydrogen-bond donors (Lipinski definition) is 0. The molecule has 0 fully saturated rings. The second-order valence-electron chi connectivity index (χ2n) is 8.73. The van der Waals surface area contributed by atoms with E-state index < -0.39 is 6.16 Å². The Labute approximate surface area is 157 Å². The Kier molecular flexibility index (Phi) is 6.12. The van der Waals surface area contributed by atoms with Gasteiger partial charge < -0.3 is 9.47 Å². The van der Waals surface area contributed by atoms with Crippen molar-refractivity contribution in [3.8, 4) is 0 Å². The Balaban J connectivity index is 1.88. The summed E-state index contributed by atoms with van der Waals surface area (Å²) in [5, 5.41) is 0. The molecule has 0 aromatic heterocycles. The lowest BCUT2D eigenvalue weighted by molar-refractivity contribution is 0.0446. The molecule has 0 aliphatic heterocycles. The summed E-state index contributed by atoms with van der Waals surface area (Å²) in [6.45, 7) is 13.4. The van der Waals surface area contributed by atoms with Crippen LogP contribution < -0.4 is 0 Å². The molecule has 140 valence electrons. The number of carbonyl (C=O) groups is 1. The molecule has 2 aromatic carbocycles. The van der Waals surface area contributed by atoms with Crippen molar-refractivity contribution in [2.75, 3.05) is 0 Å². The standard InChI is InChI=1S/C23H30O3/c1-22(2,3)19-11-7-9-17(13-19)15-25-21(24)26-16-18-10-8-12-20(14-18)23(4,5)6/h7-14H,15-16H2,1-6H3. The Bertz CT molecular complexity index is 685. The number of ether oxygens (including phenoxy) is 2. The maximum atomic E-state index is 11.9. The van der Waals surface area contributed by atoms with E-state index in [4.69, 9.17) is 9.47 Å². The van der Waals surface area contributed by atoms with Crippen LogP contribution in [0.25, 0.3) is 0 Å². The smallest absolute Gasteiger partial charge is 0.429 e. The first-order valence-electron chi connectivity index (χ1n) is 9.04. The highest BCUT2D eigenvalue weighted by Gasteiger charge is 2.15. The quantitative estimate of drug-likeness (QED) is 0.619. The molecule has 0 radical (unpaired) electrons. The third-order valence-electron chi connectivity index (χ3n) is 4.30. The van der Waals surface area contributed by atoms with E-state index in [0.717, 1.165) is 11.1 Å². The molecule has 0 heterocycles. The SMILES string of the molecule is CC(C)(C)c1cccc(COC(=O)OCc2cccc(C(C)(C)C)c2)c1. The van der Waals surface area contributed by atoms with Crippen molar-refractivity contribution in [1.82, 2.24) is 0 Å². The lowest BCUT2D eigenvalue weighted by atomic mass is 9.86. The summed E-state index contributed by atoms with van der Waals surface area (Å²) >= 11 is 0. The first kappa shape index (κ1) is 20.0. The van der Waals surface area contributed by atoms with Crippen molar-refractivity contribution in [3.05, 3.63) is 70.8 Å². The van der Waals surface area contributed by atoms with Gasteiger partial charge in [0.15, 0.2) is 0 Å². The van der Waals surface area contributed by atoms with E-state index in [9.17, 15) is 4.79 Å². The highest BCUT2D eigenvalue weighted by molar-refractivity contribution is 5.60. The lowest BCUT2D eigenvalue weighted by Gasteiger charge is -2.20. The first-order valence-corrected chi connectivity index (χ1v) is 9.04. The Morgan fingerprint density at radius 3 is 1.46 bits per heavy atom. The molecule has 0 spiro atoms. The zero-order chi connectivity index (χ0) is 19.4. The molecule has 0 unspecified atom stereocenters. The van der Waals surface area contributed by atoms with Gasteiger partial charge in [0.05, 0.1) is 0 Å². The van der Waals surface area contributed by atoms with E-state index >= 15 is 0 Å². The summed E-state index contributed by atoms with van der Waals surface area (Å²) in [5.41, 5.74) is 4.48. The Morgan fingerprint density at radius 1 is 0.731 bits per heavy atom. The van der Waals surface area contributed by atoms with E-state index in [1.54, 1.807) is 0 Å². The third-order valence-corrected chi connectivity index (χ3v) is 4.30. The summed E-state index contributed by atoms with van der Waals surface area (Å²) in [6.07, 6.45) is -0.646. The van der Waals surface area contributed by atoms with Gasteiger partial charge in [0.25, 0.3) is 0 Å². The molecular formula is C23H30O3. The van der Waals surface area contributed by atoms with E-state index in [1.807, 2.05) is 24.3 Å². The molecule has 2 rings (SSSR count).